The Labute approximate surface area is 126 Å². The smallest absolute Gasteiger partial charge is 0.126 e. The highest BCUT2D eigenvalue weighted by atomic mass is 79.9. The minimum Gasteiger partial charge on any atom is -0.497 e. The summed E-state index contributed by atoms with van der Waals surface area (Å²) in [4.78, 5) is 0. The fraction of sp³-hybridized carbons (Fsp3) is 0.250. The Morgan fingerprint density at radius 1 is 1.20 bits per heavy atom. The maximum atomic E-state index is 6.28. The maximum Gasteiger partial charge on any atom is 0.126 e. The molecule has 2 aromatic carbocycles. The summed E-state index contributed by atoms with van der Waals surface area (Å²) in [6.45, 7) is 0. The van der Waals surface area contributed by atoms with Crippen LogP contribution in [-0.2, 0) is 0 Å². The molecule has 2 atom stereocenters. The van der Waals surface area contributed by atoms with Gasteiger partial charge in [-0.2, -0.15) is 0 Å². The number of fused-ring (bicyclic) bond motifs is 1. The van der Waals surface area contributed by atoms with E-state index in [0.717, 1.165) is 33.5 Å². The molecule has 3 rings (SSSR count). The van der Waals surface area contributed by atoms with Gasteiger partial charge in [0, 0.05) is 22.5 Å². The molecule has 0 fully saturated rings. The molecule has 1 unspecified atom stereocenters. The fourth-order valence-corrected chi connectivity index (χ4v) is 2.76. The molecular formula is C16H16BrNO2. The van der Waals surface area contributed by atoms with Gasteiger partial charge in [-0.25, -0.2) is 0 Å². The molecule has 1 heterocycles. The van der Waals surface area contributed by atoms with Crippen molar-refractivity contribution in [3.05, 3.63) is 58.1 Å². The second-order valence-electron chi connectivity index (χ2n) is 4.90. The molecule has 2 N–H and O–H groups in total. The second kappa shape index (κ2) is 5.46. The highest BCUT2D eigenvalue weighted by Crippen LogP contribution is 2.41. The third-order valence-corrected chi connectivity index (χ3v) is 4.12. The number of methoxy groups -OCH3 is 1. The Morgan fingerprint density at radius 2 is 1.95 bits per heavy atom. The predicted octanol–water partition coefficient (Wildman–Crippen LogP) is 3.98. The molecule has 1 aliphatic heterocycles. The van der Waals surface area contributed by atoms with Gasteiger partial charge in [-0.1, -0.05) is 28.1 Å². The van der Waals surface area contributed by atoms with Crippen LogP contribution in [0.2, 0.25) is 0 Å². The normalized spacial score (nSPS) is 20.9. The monoisotopic (exact) mass is 333 g/mol. The summed E-state index contributed by atoms with van der Waals surface area (Å²) in [5.74, 6) is 1.65. The zero-order valence-corrected chi connectivity index (χ0v) is 12.8. The van der Waals surface area contributed by atoms with Gasteiger partial charge >= 0.3 is 0 Å². The van der Waals surface area contributed by atoms with E-state index in [1.807, 2.05) is 30.3 Å². The molecule has 0 radical (unpaired) electrons. The van der Waals surface area contributed by atoms with Crippen LogP contribution in [0.15, 0.2) is 46.9 Å². The van der Waals surface area contributed by atoms with Crippen LogP contribution < -0.4 is 15.2 Å². The maximum absolute atomic E-state index is 6.28. The van der Waals surface area contributed by atoms with Crippen LogP contribution in [0.1, 0.15) is 29.7 Å². The van der Waals surface area contributed by atoms with E-state index in [-0.39, 0.29) is 12.1 Å². The molecule has 0 spiro atoms. The van der Waals surface area contributed by atoms with E-state index in [1.54, 1.807) is 7.11 Å². The molecule has 0 aliphatic carbocycles. The van der Waals surface area contributed by atoms with Crippen molar-refractivity contribution in [2.75, 3.05) is 7.11 Å². The van der Waals surface area contributed by atoms with Crippen molar-refractivity contribution in [2.45, 2.75) is 18.6 Å². The molecule has 4 heteroatoms. The fourth-order valence-electron chi connectivity index (χ4n) is 2.49. The van der Waals surface area contributed by atoms with Gasteiger partial charge < -0.3 is 15.2 Å². The molecule has 1 aliphatic rings. The van der Waals surface area contributed by atoms with Crippen molar-refractivity contribution in [2.24, 2.45) is 5.73 Å². The van der Waals surface area contributed by atoms with E-state index in [9.17, 15) is 0 Å². The SMILES string of the molecule is COc1ccc2c(c1)[C@H](N)CC(c1ccc(Br)cc1)O2. The largest absolute Gasteiger partial charge is 0.497 e. The van der Waals surface area contributed by atoms with E-state index in [4.69, 9.17) is 15.2 Å². The average molecular weight is 334 g/mol. The molecule has 0 saturated carbocycles. The minimum absolute atomic E-state index is 0.000931. The Kier molecular flexibility index (Phi) is 3.68. The third kappa shape index (κ3) is 2.53. The molecule has 3 nitrogen and oxygen atoms in total. The summed E-state index contributed by atoms with van der Waals surface area (Å²) < 4.78 is 12.4. The summed E-state index contributed by atoms with van der Waals surface area (Å²) in [5.41, 5.74) is 8.44. The number of benzene rings is 2. The second-order valence-corrected chi connectivity index (χ2v) is 5.82. The first-order chi connectivity index (χ1) is 9.67. The van der Waals surface area contributed by atoms with Gasteiger partial charge in [-0.3, -0.25) is 0 Å². The molecule has 0 amide bonds. The zero-order valence-electron chi connectivity index (χ0n) is 11.2. The third-order valence-electron chi connectivity index (χ3n) is 3.60. The molecular weight excluding hydrogens is 318 g/mol. The van der Waals surface area contributed by atoms with Crippen LogP contribution in [0.4, 0.5) is 0 Å². The first kappa shape index (κ1) is 13.5. The van der Waals surface area contributed by atoms with Crippen LogP contribution in [0.25, 0.3) is 0 Å². The molecule has 2 aromatic rings. The average Bonchev–Trinajstić information content (AvgIpc) is 2.47. The number of nitrogens with two attached hydrogens (primary N) is 1. The van der Waals surface area contributed by atoms with Crippen molar-refractivity contribution in [1.29, 1.82) is 0 Å². The molecule has 0 saturated heterocycles. The van der Waals surface area contributed by atoms with E-state index >= 15 is 0 Å². The Hall–Kier alpha value is -1.52. The van der Waals surface area contributed by atoms with E-state index < -0.39 is 0 Å². The number of hydrogen-bond acceptors (Lipinski definition) is 3. The van der Waals surface area contributed by atoms with Crippen LogP contribution in [0, 0.1) is 0 Å². The Morgan fingerprint density at radius 3 is 2.65 bits per heavy atom. The van der Waals surface area contributed by atoms with E-state index in [0.29, 0.717) is 0 Å². The summed E-state index contributed by atoms with van der Waals surface area (Å²) in [7, 11) is 1.65. The lowest BCUT2D eigenvalue weighted by atomic mass is 9.93. The number of halogens is 1. The van der Waals surface area contributed by atoms with Gasteiger partial charge in [0.05, 0.1) is 7.11 Å². The Bertz CT molecular complexity index is 612. The Balaban J connectivity index is 1.90. The highest BCUT2D eigenvalue weighted by Gasteiger charge is 2.27. The van der Waals surface area contributed by atoms with Gasteiger partial charge in [0.15, 0.2) is 0 Å². The minimum atomic E-state index is -0.0394. The topological polar surface area (TPSA) is 44.5 Å². The summed E-state index contributed by atoms with van der Waals surface area (Å²) in [5, 5.41) is 0. The van der Waals surface area contributed by atoms with Crippen molar-refractivity contribution in [3.8, 4) is 11.5 Å². The van der Waals surface area contributed by atoms with Gasteiger partial charge in [-0.15, -0.1) is 0 Å². The lowest BCUT2D eigenvalue weighted by Gasteiger charge is -2.30. The number of ether oxygens (including phenoxy) is 2. The quantitative estimate of drug-likeness (QED) is 0.903. The lowest BCUT2D eigenvalue weighted by molar-refractivity contribution is 0.161. The van der Waals surface area contributed by atoms with Crippen molar-refractivity contribution < 1.29 is 9.47 Å². The van der Waals surface area contributed by atoms with Crippen molar-refractivity contribution in [1.82, 2.24) is 0 Å². The molecule has 0 bridgehead atoms. The van der Waals surface area contributed by atoms with Gasteiger partial charge in [-0.05, 0) is 35.9 Å². The van der Waals surface area contributed by atoms with Crippen LogP contribution in [-0.4, -0.2) is 7.11 Å². The van der Waals surface area contributed by atoms with Crippen LogP contribution >= 0.6 is 15.9 Å². The summed E-state index contributed by atoms with van der Waals surface area (Å²) in [6.07, 6.45) is 0.765. The number of hydrogen-bond donors (Lipinski definition) is 1. The first-order valence-corrected chi connectivity index (χ1v) is 7.32. The molecule has 0 aromatic heterocycles. The number of rotatable bonds is 2. The molecule has 104 valence electrons. The van der Waals surface area contributed by atoms with Crippen LogP contribution in [0.3, 0.4) is 0 Å². The predicted molar refractivity (Wildman–Crippen MR) is 82.1 cm³/mol. The van der Waals surface area contributed by atoms with Crippen molar-refractivity contribution in [3.63, 3.8) is 0 Å². The zero-order chi connectivity index (χ0) is 14.1. The summed E-state index contributed by atoms with van der Waals surface area (Å²) in [6, 6.07) is 13.9. The standard InChI is InChI=1S/C16H16BrNO2/c1-19-12-6-7-15-13(8-12)14(18)9-16(20-15)10-2-4-11(17)5-3-10/h2-8,14,16H,9,18H2,1H3/t14-,16?/m1/s1. The van der Waals surface area contributed by atoms with Gasteiger partial charge in [0.1, 0.15) is 17.6 Å². The highest BCUT2D eigenvalue weighted by molar-refractivity contribution is 9.10. The van der Waals surface area contributed by atoms with Gasteiger partial charge in [0.25, 0.3) is 0 Å². The van der Waals surface area contributed by atoms with Crippen LogP contribution in [0.5, 0.6) is 11.5 Å². The molecule has 20 heavy (non-hydrogen) atoms. The lowest BCUT2D eigenvalue weighted by Crippen LogP contribution is -2.24. The van der Waals surface area contributed by atoms with Crippen molar-refractivity contribution >= 4 is 15.9 Å². The first-order valence-electron chi connectivity index (χ1n) is 6.53. The van der Waals surface area contributed by atoms with E-state index in [2.05, 4.69) is 28.1 Å². The van der Waals surface area contributed by atoms with E-state index in [1.165, 1.54) is 0 Å². The van der Waals surface area contributed by atoms with Gasteiger partial charge in [0.2, 0.25) is 0 Å². The summed E-state index contributed by atoms with van der Waals surface area (Å²) >= 11 is 3.44.